The number of carbonyl (C=O) groups is 1. The Labute approximate surface area is 168 Å². The Bertz CT molecular complexity index is 963. The van der Waals surface area contributed by atoms with E-state index in [-0.39, 0.29) is 11.7 Å². The Kier molecular flexibility index (Phi) is 6.51. The molecule has 0 unspecified atom stereocenters. The molecule has 0 bridgehead atoms. The zero-order valence-electron chi connectivity index (χ0n) is 16.7. The van der Waals surface area contributed by atoms with E-state index in [4.69, 9.17) is 4.42 Å². The van der Waals surface area contributed by atoms with Crippen LogP contribution >= 0.6 is 11.8 Å². The molecule has 0 aliphatic carbocycles. The predicted octanol–water partition coefficient (Wildman–Crippen LogP) is 3.47. The highest BCUT2D eigenvalue weighted by Gasteiger charge is 2.12. The summed E-state index contributed by atoms with van der Waals surface area (Å²) in [7, 11) is 0. The first-order valence-corrected chi connectivity index (χ1v) is 10.2. The fourth-order valence-corrected chi connectivity index (χ4v) is 3.39. The second-order valence-electron chi connectivity index (χ2n) is 6.81. The highest BCUT2D eigenvalue weighted by atomic mass is 32.2. The van der Waals surface area contributed by atoms with E-state index in [0.29, 0.717) is 17.7 Å². The predicted molar refractivity (Wildman–Crippen MR) is 109 cm³/mol. The monoisotopic (exact) mass is 399 g/mol. The minimum absolute atomic E-state index is 0.0516. The number of thioether (sulfide) groups is 1. The number of amides is 1. The van der Waals surface area contributed by atoms with Gasteiger partial charge >= 0.3 is 0 Å². The van der Waals surface area contributed by atoms with Gasteiger partial charge in [0.05, 0.1) is 11.4 Å². The molecule has 28 heavy (non-hydrogen) atoms. The summed E-state index contributed by atoms with van der Waals surface area (Å²) in [5.41, 5.74) is 5.42. The van der Waals surface area contributed by atoms with Crippen LogP contribution in [0.15, 0.2) is 33.9 Å². The molecule has 0 aliphatic rings. The van der Waals surface area contributed by atoms with Gasteiger partial charge in [0.1, 0.15) is 0 Å². The molecule has 148 valence electrons. The van der Waals surface area contributed by atoms with Crippen LogP contribution in [0.25, 0.3) is 11.5 Å². The number of hydrogen-bond donors (Lipinski definition) is 1. The smallest absolute Gasteiger partial charge is 0.277 e. The normalized spacial score (nSPS) is 11.0. The van der Waals surface area contributed by atoms with Crippen molar-refractivity contribution in [1.29, 1.82) is 0 Å². The van der Waals surface area contributed by atoms with Gasteiger partial charge < -0.3 is 9.73 Å². The molecule has 3 aromatic rings. The topological polar surface area (TPSA) is 85.8 Å². The summed E-state index contributed by atoms with van der Waals surface area (Å²) in [5, 5.41) is 15.8. The first-order valence-electron chi connectivity index (χ1n) is 9.24. The van der Waals surface area contributed by atoms with Crippen molar-refractivity contribution in [1.82, 2.24) is 25.3 Å². The van der Waals surface area contributed by atoms with E-state index in [2.05, 4.69) is 27.5 Å². The molecule has 7 nitrogen and oxygen atoms in total. The number of nitrogens with one attached hydrogen (secondary N) is 1. The Morgan fingerprint density at radius 2 is 1.96 bits per heavy atom. The van der Waals surface area contributed by atoms with Gasteiger partial charge in [0.2, 0.25) is 11.8 Å². The quantitative estimate of drug-likeness (QED) is 0.461. The van der Waals surface area contributed by atoms with Crippen LogP contribution in [0.5, 0.6) is 0 Å². The number of nitrogens with zero attached hydrogens (tertiary/aromatic N) is 4. The number of benzene rings is 1. The van der Waals surface area contributed by atoms with Crippen molar-refractivity contribution < 1.29 is 9.21 Å². The fraction of sp³-hybridized carbons (Fsp3) is 0.400. The second-order valence-corrected chi connectivity index (χ2v) is 7.74. The van der Waals surface area contributed by atoms with Crippen LogP contribution < -0.4 is 5.32 Å². The summed E-state index contributed by atoms with van der Waals surface area (Å²) in [6.07, 6.45) is 0.829. The molecule has 2 heterocycles. The van der Waals surface area contributed by atoms with Crippen LogP contribution in [0.2, 0.25) is 0 Å². The van der Waals surface area contributed by atoms with Crippen LogP contribution in [0.4, 0.5) is 0 Å². The molecular weight excluding hydrogens is 374 g/mol. The van der Waals surface area contributed by atoms with Crippen LogP contribution in [0.3, 0.4) is 0 Å². The van der Waals surface area contributed by atoms with E-state index in [0.717, 1.165) is 29.9 Å². The molecule has 0 saturated carbocycles. The Morgan fingerprint density at radius 3 is 2.68 bits per heavy atom. The molecular formula is C20H25N5O2S. The zero-order valence-corrected chi connectivity index (χ0v) is 17.5. The summed E-state index contributed by atoms with van der Waals surface area (Å²) >= 11 is 1.24. The number of aromatic nitrogens is 4. The molecule has 0 radical (unpaired) electrons. The maximum Gasteiger partial charge on any atom is 0.277 e. The Balaban J connectivity index is 1.41. The fourth-order valence-electron chi connectivity index (χ4n) is 2.80. The Morgan fingerprint density at radius 1 is 1.14 bits per heavy atom. The third-order valence-corrected chi connectivity index (χ3v) is 5.28. The van der Waals surface area contributed by atoms with Crippen LogP contribution in [-0.4, -0.2) is 38.2 Å². The van der Waals surface area contributed by atoms with Gasteiger partial charge in [0.25, 0.3) is 5.22 Å². The summed E-state index contributed by atoms with van der Waals surface area (Å²) in [6, 6.07) is 8.06. The maximum absolute atomic E-state index is 12.0. The first kappa shape index (κ1) is 20.1. The summed E-state index contributed by atoms with van der Waals surface area (Å²) in [4.78, 5) is 12.0. The van der Waals surface area contributed by atoms with Gasteiger partial charge in [0, 0.05) is 24.3 Å². The number of aryl methyl sites for hydroxylation is 5. The maximum atomic E-state index is 12.0. The van der Waals surface area contributed by atoms with Crippen molar-refractivity contribution in [2.45, 2.75) is 45.9 Å². The lowest BCUT2D eigenvalue weighted by Gasteiger charge is -2.06. The molecule has 0 saturated heterocycles. The number of rotatable bonds is 8. The average molecular weight is 400 g/mol. The molecule has 1 aromatic carbocycles. The van der Waals surface area contributed by atoms with Crippen LogP contribution in [0, 0.1) is 27.7 Å². The molecule has 2 aromatic heterocycles. The number of hydrogen-bond acceptors (Lipinski definition) is 6. The lowest BCUT2D eigenvalue weighted by atomic mass is 10.1. The largest absolute Gasteiger partial charge is 0.411 e. The van der Waals surface area contributed by atoms with E-state index < -0.39 is 0 Å². The van der Waals surface area contributed by atoms with Crippen LogP contribution in [0.1, 0.15) is 28.9 Å². The van der Waals surface area contributed by atoms with Gasteiger partial charge in [0.15, 0.2) is 0 Å². The molecule has 0 fully saturated rings. The molecule has 0 atom stereocenters. The van der Waals surface area contributed by atoms with Gasteiger partial charge in [-0.25, -0.2) is 0 Å². The van der Waals surface area contributed by atoms with Gasteiger partial charge in [-0.05, 0) is 63.4 Å². The van der Waals surface area contributed by atoms with Crippen molar-refractivity contribution in [3.05, 3.63) is 46.8 Å². The summed E-state index contributed by atoms with van der Waals surface area (Å²) < 4.78 is 7.62. The molecule has 1 amide bonds. The summed E-state index contributed by atoms with van der Waals surface area (Å²) in [5.74, 6) is 0.661. The molecule has 1 N–H and O–H groups in total. The van der Waals surface area contributed by atoms with Crippen molar-refractivity contribution in [2.24, 2.45) is 0 Å². The average Bonchev–Trinajstić information content (AvgIpc) is 3.25. The third-order valence-electron chi connectivity index (χ3n) is 4.46. The molecule has 0 spiro atoms. The van der Waals surface area contributed by atoms with Gasteiger partial charge in [-0.3, -0.25) is 9.48 Å². The first-order chi connectivity index (χ1) is 13.4. The molecule has 8 heteroatoms. The van der Waals surface area contributed by atoms with E-state index in [9.17, 15) is 4.79 Å². The van der Waals surface area contributed by atoms with Crippen LogP contribution in [-0.2, 0) is 11.3 Å². The van der Waals surface area contributed by atoms with E-state index in [1.54, 1.807) is 0 Å². The van der Waals surface area contributed by atoms with Crippen molar-refractivity contribution >= 4 is 17.7 Å². The standard InChI is InChI=1S/C20H25N5O2S/c1-13-6-7-17(10-14(13)2)19-22-23-20(27-19)28-12-18(26)21-8-5-9-25-16(4)11-15(3)24-25/h6-7,10-11H,5,8-9,12H2,1-4H3,(H,21,26). The minimum Gasteiger partial charge on any atom is -0.411 e. The van der Waals surface area contributed by atoms with Gasteiger partial charge in [-0.1, -0.05) is 17.8 Å². The summed E-state index contributed by atoms with van der Waals surface area (Å²) in [6.45, 7) is 9.51. The Hall–Kier alpha value is -2.61. The van der Waals surface area contributed by atoms with E-state index in [1.165, 1.54) is 22.9 Å². The SMILES string of the molecule is Cc1cc(C)n(CCCNC(=O)CSc2nnc(-c3ccc(C)c(C)c3)o2)n1. The van der Waals surface area contributed by atoms with Crippen molar-refractivity contribution in [3.8, 4) is 11.5 Å². The minimum atomic E-state index is -0.0516. The molecule has 0 aliphatic heterocycles. The second kappa shape index (κ2) is 9.05. The van der Waals surface area contributed by atoms with E-state index >= 15 is 0 Å². The zero-order chi connectivity index (χ0) is 20.1. The number of carbonyl (C=O) groups excluding carboxylic acids is 1. The molecule has 3 rings (SSSR count). The lowest BCUT2D eigenvalue weighted by molar-refractivity contribution is -0.118. The van der Waals surface area contributed by atoms with Crippen molar-refractivity contribution in [3.63, 3.8) is 0 Å². The third kappa shape index (κ3) is 5.22. The highest BCUT2D eigenvalue weighted by Crippen LogP contribution is 2.24. The van der Waals surface area contributed by atoms with Gasteiger partial charge in [-0.15, -0.1) is 10.2 Å². The van der Waals surface area contributed by atoms with Gasteiger partial charge in [-0.2, -0.15) is 5.10 Å². The lowest BCUT2D eigenvalue weighted by Crippen LogP contribution is -2.27. The van der Waals surface area contributed by atoms with E-state index in [1.807, 2.05) is 49.7 Å². The van der Waals surface area contributed by atoms with Crippen molar-refractivity contribution in [2.75, 3.05) is 12.3 Å². The highest BCUT2D eigenvalue weighted by molar-refractivity contribution is 7.99.